The van der Waals surface area contributed by atoms with E-state index in [2.05, 4.69) is 40.4 Å². The average molecular weight is 244 g/mol. The molecule has 0 fully saturated rings. The molecule has 2 nitrogen and oxygen atoms in total. The standard InChI is InChI=1S/C13H28O2Si/c1-9-13(14,10-2)11(3)15-16(7,8)12(4,5)6/h9,11,14H,1,10H2,2-8H3. The van der Waals surface area contributed by atoms with Crippen LogP contribution in [0.3, 0.4) is 0 Å². The molecule has 3 heteroatoms. The molecule has 2 unspecified atom stereocenters. The van der Waals surface area contributed by atoms with Gasteiger partial charge in [-0.25, -0.2) is 0 Å². The zero-order chi connectivity index (χ0) is 13.2. The van der Waals surface area contributed by atoms with E-state index >= 15 is 0 Å². The van der Waals surface area contributed by atoms with E-state index in [4.69, 9.17) is 4.43 Å². The summed E-state index contributed by atoms with van der Waals surface area (Å²) in [5.74, 6) is 0. The van der Waals surface area contributed by atoms with Crippen LogP contribution in [0.2, 0.25) is 18.1 Å². The molecule has 0 aliphatic rings. The lowest BCUT2D eigenvalue weighted by atomic mass is 9.95. The fourth-order valence-electron chi connectivity index (χ4n) is 1.32. The Morgan fingerprint density at radius 1 is 1.38 bits per heavy atom. The molecule has 0 radical (unpaired) electrons. The zero-order valence-corrected chi connectivity index (χ0v) is 12.9. The first-order valence-corrected chi connectivity index (χ1v) is 8.95. The van der Waals surface area contributed by atoms with Crippen LogP contribution in [0.4, 0.5) is 0 Å². The van der Waals surface area contributed by atoms with E-state index < -0.39 is 13.9 Å². The molecular weight excluding hydrogens is 216 g/mol. The second kappa shape index (κ2) is 5.03. The first-order valence-electron chi connectivity index (χ1n) is 6.04. The maximum Gasteiger partial charge on any atom is 0.192 e. The molecule has 0 aromatic carbocycles. The van der Waals surface area contributed by atoms with Crippen LogP contribution in [-0.2, 0) is 4.43 Å². The number of rotatable bonds is 5. The van der Waals surface area contributed by atoms with Gasteiger partial charge < -0.3 is 9.53 Å². The molecule has 0 saturated heterocycles. The van der Waals surface area contributed by atoms with Crippen molar-refractivity contribution < 1.29 is 9.53 Å². The molecular formula is C13H28O2Si. The van der Waals surface area contributed by atoms with Crippen LogP contribution < -0.4 is 0 Å². The maximum absolute atomic E-state index is 10.3. The van der Waals surface area contributed by atoms with Crippen molar-refractivity contribution in [1.29, 1.82) is 0 Å². The van der Waals surface area contributed by atoms with Crippen LogP contribution in [0.15, 0.2) is 12.7 Å². The molecule has 0 heterocycles. The van der Waals surface area contributed by atoms with Crippen molar-refractivity contribution >= 4 is 8.32 Å². The van der Waals surface area contributed by atoms with Crippen LogP contribution in [-0.4, -0.2) is 25.1 Å². The van der Waals surface area contributed by atoms with Crippen LogP contribution in [0.25, 0.3) is 0 Å². The third-order valence-electron chi connectivity index (χ3n) is 3.90. The van der Waals surface area contributed by atoms with Crippen molar-refractivity contribution in [3.63, 3.8) is 0 Å². The van der Waals surface area contributed by atoms with Crippen LogP contribution >= 0.6 is 0 Å². The molecule has 0 aliphatic carbocycles. The van der Waals surface area contributed by atoms with Crippen LogP contribution in [0.5, 0.6) is 0 Å². The summed E-state index contributed by atoms with van der Waals surface area (Å²) in [5, 5.41) is 10.5. The lowest BCUT2D eigenvalue weighted by molar-refractivity contribution is -0.0242. The topological polar surface area (TPSA) is 29.5 Å². The van der Waals surface area contributed by atoms with Gasteiger partial charge in [-0.3, -0.25) is 0 Å². The molecule has 0 saturated carbocycles. The summed E-state index contributed by atoms with van der Waals surface area (Å²) in [6.07, 6.45) is 2.03. The minimum atomic E-state index is -1.82. The van der Waals surface area contributed by atoms with Gasteiger partial charge in [-0.2, -0.15) is 0 Å². The summed E-state index contributed by atoms with van der Waals surface area (Å²) >= 11 is 0. The first-order chi connectivity index (χ1) is 7.00. The fourth-order valence-corrected chi connectivity index (χ4v) is 2.76. The Balaban J connectivity index is 4.81. The smallest absolute Gasteiger partial charge is 0.192 e. The first kappa shape index (κ1) is 15.9. The van der Waals surface area contributed by atoms with Gasteiger partial charge in [0.2, 0.25) is 0 Å². The van der Waals surface area contributed by atoms with E-state index in [1.165, 1.54) is 0 Å². The summed E-state index contributed by atoms with van der Waals surface area (Å²) in [6.45, 7) is 18.6. The second-order valence-electron chi connectivity index (χ2n) is 6.07. The van der Waals surface area contributed by atoms with E-state index in [0.29, 0.717) is 6.42 Å². The summed E-state index contributed by atoms with van der Waals surface area (Å²) in [4.78, 5) is 0. The SMILES string of the molecule is C=CC(O)(CC)C(C)O[Si](C)(C)C(C)(C)C. The van der Waals surface area contributed by atoms with Gasteiger partial charge in [-0.05, 0) is 31.5 Å². The molecule has 1 N–H and O–H groups in total. The fraction of sp³-hybridized carbons (Fsp3) is 0.846. The van der Waals surface area contributed by atoms with E-state index in [9.17, 15) is 5.11 Å². The Morgan fingerprint density at radius 2 is 1.81 bits per heavy atom. The molecule has 16 heavy (non-hydrogen) atoms. The van der Waals surface area contributed by atoms with Crippen molar-refractivity contribution in [1.82, 2.24) is 0 Å². The molecule has 96 valence electrons. The molecule has 0 amide bonds. The molecule has 0 rings (SSSR count). The zero-order valence-electron chi connectivity index (χ0n) is 11.9. The van der Waals surface area contributed by atoms with Crippen LogP contribution in [0.1, 0.15) is 41.0 Å². The average Bonchev–Trinajstić information content (AvgIpc) is 2.14. The summed E-state index contributed by atoms with van der Waals surface area (Å²) in [5.41, 5.74) is -0.907. The van der Waals surface area contributed by atoms with Crippen molar-refractivity contribution in [2.45, 2.75) is 70.9 Å². The molecule has 0 aliphatic heterocycles. The van der Waals surface area contributed by atoms with Gasteiger partial charge in [0.25, 0.3) is 0 Å². The largest absolute Gasteiger partial charge is 0.411 e. The highest BCUT2D eigenvalue weighted by molar-refractivity contribution is 6.74. The number of hydrogen-bond acceptors (Lipinski definition) is 2. The lowest BCUT2D eigenvalue weighted by Crippen LogP contribution is -2.50. The lowest BCUT2D eigenvalue weighted by Gasteiger charge is -2.42. The predicted octanol–water partition coefficient (Wildman–Crippen LogP) is 3.72. The van der Waals surface area contributed by atoms with E-state index in [1.807, 2.05) is 13.8 Å². The normalized spacial score (nSPS) is 19.0. The van der Waals surface area contributed by atoms with E-state index in [1.54, 1.807) is 6.08 Å². The summed E-state index contributed by atoms with van der Waals surface area (Å²) in [6, 6.07) is 0. The highest BCUT2D eigenvalue weighted by atomic mass is 28.4. The Labute approximate surface area is 102 Å². The number of aliphatic hydroxyl groups is 1. The van der Waals surface area contributed by atoms with Crippen molar-refractivity contribution in [2.75, 3.05) is 0 Å². The van der Waals surface area contributed by atoms with Gasteiger partial charge in [0.1, 0.15) is 5.60 Å². The van der Waals surface area contributed by atoms with Gasteiger partial charge in [-0.15, -0.1) is 6.58 Å². The van der Waals surface area contributed by atoms with Gasteiger partial charge >= 0.3 is 0 Å². The molecule has 2 atom stereocenters. The van der Waals surface area contributed by atoms with Gasteiger partial charge in [0.15, 0.2) is 8.32 Å². The highest BCUT2D eigenvalue weighted by Gasteiger charge is 2.42. The van der Waals surface area contributed by atoms with Gasteiger partial charge in [-0.1, -0.05) is 33.8 Å². The Kier molecular flexibility index (Phi) is 4.99. The Bertz CT molecular complexity index is 243. The molecule has 0 bridgehead atoms. The van der Waals surface area contributed by atoms with Crippen molar-refractivity contribution in [3.05, 3.63) is 12.7 Å². The monoisotopic (exact) mass is 244 g/mol. The quantitative estimate of drug-likeness (QED) is 0.590. The maximum atomic E-state index is 10.3. The number of hydrogen-bond donors (Lipinski definition) is 1. The second-order valence-corrected chi connectivity index (χ2v) is 10.8. The summed E-state index contributed by atoms with van der Waals surface area (Å²) < 4.78 is 6.17. The van der Waals surface area contributed by atoms with E-state index in [-0.39, 0.29) is 11.1 Å². The van der Waals surface area contributed by atoms with Gasteiger partial charge in [0.05, 0.1) is 6.10 Å². The van der Waals surface area contributed by atoms with Gasteiger partial charge in [0, 0.05) is 0 Å². The van der Waals surface area contributed by atoms with Crippen LogP contribution in [0, 0.1) is 0 Å². The van der Waals surface area contributed by atoms with E-state index in [0.717, 1.165) is 0 Å². The molecule has 0 spiro atoms. The Morgan fingerprint density at radius 3 is 2.06 bits per heavy atom. The highest BCUT2D eigenvalue weighted by Crippen LogP contribution is 2.38. The third kappa shape index (κ3) is 3.44. The molecule has 0 aromatic rings. The minimum Gasteiger partial charge on any atom is -0.411 e. The Hall–Kier alpha value is -0.123. The summed E-state index contributed by atoms with van der Waals surface area (Å²) in [7, 11) is -1.82. The van der Waals surface area contributed by atoms with Crippen molar-refractivity contribution in [2.24, 2.45) is 0 Å². The predicted molar refractivity (Wildman–Crippen MR) is 73.2 cm³/mol. The van der Waals surface area contributed by atoms with Crippen molar-refractivity contribution in [3.8, 4) is 0 Å². The minimum absolute atomic E-state index is 0.164. The third-order valence-corrected chi connectivity index (χ3v) is 8.46. The molecule has 0 aromatic heterocycles.